The van der Waals surface area contributed by atoms with Crippen molar-refractivity contribution in [3.63, 3.8) is 0 Å². The Balaban J connectivity index is 2.05. The maximum absolute atomic E-state index is 12.2. The number of fused-ring (bicyclic) bond motifs is 1. The van der Waals surface area contributed by atoms with Crippen molar-refractivity contribution in [1.82, 2.24) is 9.88 Å². The molecule has 0 aliphatic carbocycles. The minimum Gasteiger partial charge on any atom is -0.477 e. The van der Waals surface area contributed by atoms with Crippen LogP contribution in [0, 0.1) is 13.8 Å². The lowest BCUT2D eigenvalue weighted by Crippen LogP contribution is -2.31. The highest BCUT2D eigenvalue weighted by atomic mass is 32.1. The molecule has 1 aliphatic heterocycles. The fraction of sp³-hybridized carbons (Fsp3) is 0.400. The molecular formula is C15H17N3O4S. The summed E-state index contributed by atoms with van der Waals surface area (Å²) in [6, 6.07) is 0. The van der Waals surface area contributed by atoms with E-state index in [1.54, 1.807) is 18.7 Å². The molecule has 2 aromatic heterocycles. The first kappa shape index (κ1) is 15.5. The first-order valence-electron chi connectivity index (χ1n) is 7.29. The average Bonchev–Trinajstić information content (AvgIpc) is 3.11. The number of rotatable bonds is 2. The number of thiophene rings is 1. The van der Waals surface area contributed by atoms with Crippen LogP contribution in [0.15, 0.2) is 0 Å². The van der Waals surface area contributed by atoms with Gasteiger partial charge in [-0.3, -0.25) is 0 Å². The van der Waals surface area contributed by atoms with Gasteiger partial charge in [-0.25, -0.2) is 14.6 Å². The first-order valence-corrected chi connectivity index (χ1v) is 8.11. The van der Waals surface area contributed by atoms with Gasteiger partial charge in [0.2, 0.25) is 0 Å². The number of aryl methyl sites for hydroxylation is 2. The number of nitrogen functional groups attached to an aromatic ring is 1. The molecule has 0 atom stereocenters. The second-order valence-corrected chi connectivity index (χ2v) is 6.54. The fourth-order valence-corrected chi connectivity index (χ4v) is 3.86. The van der Waals surface area contributed by atoms with Gasteiger partial charge in [-0.2, -0.15) is 0 Å². The zero-order valence-electron chi connectivity index (χ0n) is 12.9. The lowest BCUT2D eigenvalue weighted by molar-refractivity contribution is 0.0703. The van der Waals surface area contributed by atoms with Crippen molar-refractivity contribution in [3.8, 4) is 5.75 Å². The molecule has 1 aliphatic rings. The van der Waals surface area contributed by atoms with Gasteiger partial charge in [-0.1, -0.05) is 0 Å². The van der Waals surface area contributed by atoms with Crippen molar-refractivity contribution >= 4 is 39.3 Å². The van der Waals surface area contributed by atoms with Crippen LogP contribution in [0.1, 0.15) is 33.8 Å². The maximum atomic E-state index is 12.2. The molecule has 122 valence electrons. The average molecular weight is 335 g/mol. The highest BCUT2D eigenvalue weighted by molar-refractivity contribution is 7.21. The van der Waals surface area contributed by atoms with Crippen LogP contribution in [-0.4, -0.2) is 40.1 Å². The van der Waals surface area contributed by atoms with E-state index in [1.807, 2.05) is 0 Å². The summed E-state index contributed by atoms with van der Waals surface area (Å²) in [5.74, 6) is -0.728. The molecule has 3 rings (SSSR count). The number of hydrogen-bond donors (Lipinski definition) is 2. The third kappa shape index (κ3) is 2.59. The third-order valence-electron chi connectivity index (χ3n) is 3.99. The van der Waals surface area contributed by atoms with Crippen molar-refractivity contribution < 1.29 is 19.4 Å². The summed E-state index contributed by atoms with van der Waals surface area (Å²) in [5.41, 5.74) is 7.30. The Bertz CT molecular complexity index is 809. The zero-order valence-corrected chi connectivity index (χ0v) is 13.7. The number of aromatic nitrogens is 1. The number of carboxylic acids is 1. The van der Waals surface area contributed by atoms with Crippen molar-refractivity contribution in [2.75, 3.05) is 18.8 Å². The summed E-state index contributed by atoms with van der Waals surface area (Å²) in [7, 11) is 0. The molecule has 0 saturated carbocycles. The monoisotopic (exact) mass is 335 g/mol. The topological polar surface area (TPSA) is 106 Å². The predicted octanol–water partition coefficient (Wildman–Crippen LogP) is 2.79. The highest BCUT2D eigenvalue weighted by Gasteiger charge is 2.25. The predicted molar refractivity (Wildman–Crippen MR) is 87.3 cm³/mol. The number of pyridine rings is 1. The SMILES string of the molecule is Cc1nc2sc(C(=O)O)c(N)c2c(C)c1OC(=O)N1CCCC1. The van der Waals surface area contributed by atoms with E-state index in [9.17, 15) is 14.7 Å². The quantitative estimate of drug-likeness (QED) is 0.874. The molecule has 23 heavy (non-hydrogen) atoms. The minimum absolute atomic E-state index is 0.0537. The van der Waals surface area contributed by atoms with Gasteiger partial charge in [0.15, 0.2) is 5.75 Å². The number of likely N-dealkylation sites (tertiary alicyclic amines) is 1. The van der Waals surface area contributed by atoms with E-state index in [2.05, 4.69) is 4.98 Å². The van der Waals surface area contributed by atoms with E-state index in [4.69, 9.17) is 10.5 Å². The van der Waals surface area contributed by atoms with Crippen molar-refractivity contribution in [3.05, 3.63) is 16.1 Å². The highest BCUT2D eigenvalue weighted by Crippen LogP contribution is 2.39. The van der Waals surface area contributed by atoms with E-state index in [-0.39, 0.29) is 10.6 Å². The Hall–Kier alpha value is -2.35. The number of nitrogens with two attached hydrogens (primary N) is 1. The number of anilines is 1. The van der Waals surface area contributed by atoms with E-state index in [0.29, 0.717) is 40.3 Å². The van der Waals surface area contributed by atoms with Crippen LogP contribution in [-0.2, 0) is 0 Å². The van der Waals surface area contributed by atoms with Crippen LogP contribution in [0.3, 0.4) is 0 Å². The molecule has 7 nitrogen and oxygen atoms in total. The van der Waals surface area contributed by atoms with Crippen molar-refractivity contribution in [2.24, 2.45) is 0 Å². The summed E-state index contributed by atoms with van der Waals surface area (Å²) < 4.78 is 5.52. The summed E-state index contributed by atoms with van der Waals surface area (Å²) in [6.45, 7) is 4.88. The molecule has 0 spiro atoms. The number of hydrogen-bond acceptors (Lipinski definition) is 6. The van der Waals surface area contributed by atoms with Gasteiger partial charge in [0.1, 0.15) is 9.71 Å². The van der Waals surface area contributed by atoms with Crippen molar-refractivity contribution in [2.45, 2.75) is 26.7 Å². The normalized spacial score (nSPS) is 14.4. The summed E-state index contributed by atoms with van der Waals surface area (Å²) in [5, 5.41) is 9.74. The van der Waals surface area contributed by atoms with E-state index < -0.39 is 12.1 Å². The largest absolute Gasteiger partial charge is 0.477 e. The van der Waals surface area contributed by atoms with E-state index in [1.165, 1.54) is 0 Å². The Morgan fingerprint density at radius 1 is 1.30 bits per heavy atom. The van der Waals surface area contributed by atoms with E-state index in [0.717, 1.165) is 24.2 Å². The van der Waals surface area contributed by atoms with E-state index >= 15 is 0 Å². The number of amides is 1. The van der Waals surface area contributed by atoms with Crippen LogP contribution in [0.25, 0.3) is 10.2 Å². The number of carboxylic acid groups (broad SMARTS) is 1. The molecule has 2 aromatic rings. The number of ether oxygens (including phenoxy) is 1. The van der Waals surface area contributed by atoms with Crippen molar-refractivity contribution in [1.29, 1.82) is 0 Å². The van der Waals surface area contributed by atoms with Gasteiger partial charge in [-0.05, 0) is 26.7 Å². The van der Waals surface area contributed by atoms with Crippen LogP contribution in [0.2, 0.25) is 0 Å². The summed E-state index contributed by atoms with van der Waals surface area (Å²) in [4.78, 5) is 30.0. The van der Waals surface area contributed by atoms with Gasteiger partial charge in [0, 0.05) is 24.0 Å². The Labute approximate surface area is 136 Å². The molecule has 3 N–H and O–H groups in total. The molecule has 0 unspecified atom stereocenters. The minimum atomic E-state index is -1.09. The molecule has 0 radical (unpaired) electrons. The lowest BCUT2D eigenvalue weighted by Gasteiger charge is -2.17. The number of carbonyl (C=O) groups excluding carboxylic acids is 1. The lowest BCUT2D eigenvalue weighted by atomic mass is 10.1. The number of carbonyl (C=O) groups is 2. The second kappa shape index (κ2) is 5.69. The zero-order chi connectivity index (χ0) is 16.7. The Morgan fingerprint density at radius 3 is 2.57 bits per heavy atom. The van der Waals surface area contributed by atoms with Crippen LogP contribution < -0.4 is 10.5 Å². The smallest absolute Gasteiger partial charge is 0.415 e. The van der Waals surface area contributed by atoms with Crippen LogP contribution in [0.4, 0.5) is 10.5 Å². The molecule has 1 amide bonds. The molecule has 8 heteroatoms. The Morgan fingerprint density at radius 2 is 1.96 bits per heavy atom. The molecule has 3 heterocycles. The van der Waals surface area contributed by atoms with Gasteiger partial charge >= 0.3 is 12.1 Å². The van der Waals surface area contributed by atoms with Crippen LogP contribution >= 0.6 is 11.3 Å². The molecule has 1 saturated heterocycles. The molecule has 0 aromatic carbocycles. The van der Waals surface area contributed by atoms with Crippen LogP contribution in [0.5, 0.6) is 5.75 Å². The van der Waals surface area contributed by atoms with Gasteiger partial charge in [0.05, 0.1) is 11.4 Å². The summed E-state index contributed by atoms with van der Waals surface area (Å²) >= 11 is 1.03. The molecule has 1 fully saturated rings. The van der Waals surface area contributed by atoms with Gasteiger partial charge in [-0.15, -0.1) is 11.3 Å². The first-order chi connectivity index (χ1) is 10.9. The second-order valence-electron chi connectivity index (χ2n) is 5.54. The number of nitrogens with zero attached hydrogens (tertiary/aromatic N) is 2. The molecular weight excluding hydrogens is 318 g/mol. The van der Waals surface area contributed by atoms with Gasteiger partial charge in [0.25, 0.3) is 0 Å². The number of aromatic carboxylic acids is 1. The maximum Gasteiger partial charge on any atom is 0.415 e. The summed E-state index contributed by atoms with van der Waals surface area (Å²) in [6.07, 6.45) is 1.55. The standard InChI is InChI=1S/C15H17N3O4S/c1-7-9-10(16)12(14(19)20)23-13(9)17-8(2)11(7)22-15(21)18-5-3-4-6-18/h3-6,16H2,1-2H3,(H,19,20). The molecule has 0 bridgehead atoms. The van der Waals surface area contributed by atoms with Gasteiger partial charge < -0.3 is 20.5 Å². The third-order valence-corrected chi connectivity index (χ3v) is 5.08. The Kier molecular flexibility index (Phi) is 3.85. The fourth-order valence-electron chi connectivity index (χ4n) is 2.82.